The third-order valence-electron chi connectivity index (χ3n) is 2.63. The third kappa shape index (κ3) is 3.83. The summed E-state index contributed by atoms with van der Waals surface area (Å²) in [7, 11) is 0. The van der Waals surface area contributed by atoms with Gasteiger partial charge in [0.15, 0.2) is 0 Å². The van der Waals surface area contributed by atoms with Crippen LogP contribution in [-0.2, 0) is 6.42 Å². The van der Waals surface area contributed by atoms with Gasteiger partial charge in [-0.05, 0) is 36.0 Å². The van der Waals surface area contributed by atoms with E-state index in [0.717, 1.165) is 12.0 Å². The zero-order valence-corrected chi connectivity index (χ0v) is 10.3. The highest BCUT2D eigenvalue weighted by Crippen LogP contribution is 2.22. The Hall–Kier alpha value is -0.560. The summed E-state index contributed by atoms with van der Waals surface area (Å²) >= 11 is 6.26. The van der Waals surface area contributed by atoms with E-state index in [1.165, 1.54) is 6.07 Å². The normalized spacial score (nSPS) is 15.3. The molecule has 0 heterocycles. The fraction of sp³-hybridized carbons (Fsp3) is 0.538. The monoisotopic (exact) mass is 228 g/mol. The molecule has 2 heteroatoms. The average Bonchev–Trinajstić information content (AvgIpc) is 2.16. The van der Waals surface area contributed by atoms with Crippen molar-refractivity contribution in [2.75, 3.05) is 0 Å². The minimum atomic E-state index is -0.171. The molecule has 2 atom stereocenters. The summed E-state index contributed by atoms with van der Waals surface area (Å²) in [5.41, 5.74) is 1.02. The van der Waals surface area contributed by atoms with Gasteiger partial charge in [0.1, 0.15) is 5.82 Å². The summed E-state index contributed by atoms with van der Waals surface area (Å²) in [5.74, 6) is 0.652. The Balaban J connectivity index is 2.62. The van der Waals surface area contributed by atoms with E-state index >= 15 is 0 Å². The Morgan fingerprint density at radius 2 is 1.93 bits per heavy atom. The van der Waals surface area contributed by atoms with Gasteiger partial charge in [0.2, 0.25) is 0 Å². The lowest BCUT2D eigenvalue weighted by Crippen LogP contribution is -2.19. The van der Waals surface area contributed by atoms with E-state index in [4.69, 9.17) is 11.6 Å². The highest BCUT2D eigenvalue weighted by molar-refractivity contribution is 6.20. The van der Waals surface area contributed by atoms with Gasteiger partial charge in [-0.3, -0.25) is 0 Å². The van der Waals surface area contributed by atoms with Crippen LogP contribution in [-0.4, -0.2) is 5.38 Å². The van der Waals surface area contributed by atoms with Gasteiger partial charge in [-0.1, -0.05) is 32.9 Å². The Kier molecular flexibility index (Phi) is 4.59. The van der Waals surface area contributed by atoms with Gasteiger partial charge in [-0.25, -0.2) is 4.39 Å². The standard InChI is InChI=1S/C13H18ClF/c1-9(2)13(14)10(3)7-11-5-4-6-12(15)8-11/h4-6,8-10,13H,7H2,1-3H3. The lowest BCUT2D eigenvalue weighted by atomic mass is 9.92. The quantitative estimate of drug-likeness (QED) is 0.676. The molecule has 0 radical (unpaired) electrons. The number of alkyl halides is 1. The second-order valence-electron chi connectivity index (χ2n) is 4.50. The van der Waals surface area contributed by atoms with E-state index in [2.05, 4.69) is 20.8 Å². The van der Waals surface area contributed by atoms with E-state index in [9.17, 15) is 4.39 Å². The van der Waals surface area contributed by atoms with Crippen molar-refractivity contribution in [3.05, 3.63) is 35.6 Å². The van der Waals surface area contributed by atoms with Crippen molar-refractivity contribution >= 4 is 11.6 Å². The van der Waals surface area contributed by atoms with Gasteiger partial charge < -0.3 is 0 Å². The van der Waals surface area contributed by atoms with Crippen LogP contribution in [0.2, 0.25) is 0 Å². The first-order chi connectivity index (χ1) is 7.00. The van der Waals surface area contributed by atoms with Gasteiger partial charge in [-0.2, -0.15) is 0 Å². The Morgan fingerprint density at radius 3 is 2.47 bits per heavy atom. The van der Waals surface area contributed by atoms with Gasteiger partial charge >= 0.3 is 0 Å². The number of rotatable bonds is 4. The Bertz CT molecular complexity index is 309. The van der Waals surface area contributed by atoms with E-state index in [1.807, 2.05) is 6.07 Å². The molecule has 0 saturated carbocycles. The van der Waals surface area contributed by atoms with E-state index in [-0.39, 0.29) is 11.2 Å². The Morgan fingerprint density at radius 1 is 1.27 bits per heavy atom. The topological polar surface area (TPSA) is 0 Å². The summed E-state index contributed by atoms with van der Waals surface area (Å²) in [6.45, 7) is 6.34. The van der Waals surface area contributed by atoms with E-state index in [1.54, 1.807) is 12.1 Å². The number of benzene rings is 1. The van der Waals surface area contributed by atoms with Crippen LogP contribution in [0.5, 0.6) is 0 Å². The summed E-state index contributed by atoms with van der Waals surface area (Å²) in [6.07, 6.45) is 0.837. The first kappa shape index (κ1) is 12.5. The van der Waals surface area contributed by atoms with Crippen molar-refractivity contribution in [3.63, 3.8) is 0 Å². The van der Waals surface area contributed by atoms with E-state index in [0.29, 0.717) is 11.8 Å². The molecule has 0 N–H and O–H groups in total. The predicted octanol–water partition coefficient (Wildman–Crippen LogP) is 4.27. The highest BCUT2D eigenvalue weighted by Gasteiger charge is 2.18. The molecule has 0 aromatic heterocycles. The lowest BCUT2D eigenvalue weighted by molar-refractivity contribution is 0.446. The molecule has 1 rings (SSSR count). The number of hydrogen-bond acceptors (Lipinski definition) is 0. The maximum absolute atomic E-state index is 12.9. The van der Waals surface area contributed by atoms with Crippen LogP contribution >= 0.6 is 11.6 Å². The van der Waals surface area contributed by atoms with Gasteiger partial charge in [0.05, 0.1) is 0 Å². The van der Waals surface area contributed by atoms with Crippen molar-refractivity contribution in [2.45, 2.75) is 32.6 Å². The summed E-state index contributed by atoms with van der Waals surface area (Å²) < 4.78 is 12.9. The average molecular weight is 229 g/mol. The minimum absolute atomic E-state index is 0.147. The van der Waals surface area contributed by atoms with Crippen LogP contribution in [0.1, 0.15) is 26.3 Å². The molecule has 0 aliphatic rings. The molecule has 1 aromatic rings. The maximum Gasteiger partial charge on any atom is 0.123 e. The fourth-order valence-electron chi connectivity index (χ4n) is 1.81. The molecule has 1 aromatic carbocycles. The molecule has 15 heavy (non-hydrogen) atoms. The van der Waals surface area contributed by atoms with Crippen molar-refractivity contribution in [2.24, 2.45) is 11.8 Å². The molecule has 0 fully saturated rings. The summed E-state index contributed by atoms with van der Waals surface area (Å²) in [6, 6.07) is 6.74. The second kappa shape index (κ2) is 5.50. The molecule has 84 valence electrons. The smallest absolute Gasteiger partial charge is 0.123 e. The molecule has 0 bridgehead atoms. The number of halogens is 2. The largest absolute Gasteiger partial charge is 0.207 e. The molecular weight excluding hydrogens is 211 g/mol. The first-order valence-electron chi connectivity index (χ1n) is 5.39. The maximum atomic E-state index is 12.9. The first-order valence-corrected chi connectivity index (χ1v) is 5.83. The van der Waals surface area contributed by atoms with Gasteiger partial charge in [-0.15, -0.1) is 11.6 Å². The molecule has 0 aliphatic heterocycles. The van der Waals surface area contributed by atoms with Crippen molar-refractivity contribution in [3.8, 4) is 0 Å². The molecule has 0 aliphatic carbocycles. The lowest BCUT2D eigenvalue weighted by Gasteiger charge is -2.21. The van der Waals surface area contributed by atoms with Crippen molar-refractivity contribution < 1.29 is 4.39 Å². The van der Waals surface area contributed by atoms with Crippen LogP contribution in [0, 0.1) is 17.7 Å². The Labute approximate surface area is 96.5 Å². The molecule has 0 saturated heterocycles. The fourth-order valence-corrected chi connectivity index (χ4v) is 1.89. The summed E-state index contributed by atoms with van der Waals surface area (Å²) in [5, 5.41) is 0.147. The summed E-state index contributed by atoms with van der Waals surface area (Å²) in [4.78, 5) is 0. The number of hydrogen-bond donors (Lipinski definition) is 0. The predicted molar refractivity (Wildman–Crippen MR) is 63.7 cm³/mol. The van der Waals surface area contributed by atoms with Crippen LogP contribution in [0.4, 0.5) is 4.39 Å². The second-order valence-corrected chi connectivity index (χ2v) is 5.00. The molecule has 0 spiro atoms. The molecular formula is C13H18ClF. The molecule has 2 unspecified atom stereocenters. The van der Waals surface area contributed by atoms with E-state index < -0.39 is 0 Å². The van der Waals surface area contributed by atoms with Crippen LogP contribution in [0.25, 0.3) is 0 Å². The zero-order chi connectivity index (χ0) is 11.4. The zero-order valence-electron chi connectivity index (χ0n) is 9.50. The SMILES string of the molecule is CC(C)C(Cl)C(C)Cc1cccc(F)c1. The molecule has 0 amide bonds. The van der Waals surface area contributed by atoms with Crippen molar-refractivity contribution in [1.82, 2.24) is 0 Å². The van der Waals surface area contributed by atoms with Crippen LogP contribution in [0.15, 0.2) is 24.3 Å². The van der Waals surface area contributed by atoms with Crippen LogP contribution < -0.4 is 0 Å². The van der Waals surface area contributed by atoms with Crippen LogP contribution in [0.3, 0.4) is 0 Å². The third-order valence-corrected chi connectivity index (χ3v) is 3.56. The molecule has 0 nitrogen and oxygen atoms in total. The minimum Gasteiger partial charge on any atom is -0.207 e. The van der Waals surface area contributed by atoms with Crippen molar-refractivity contribution in [1.29, 1.82) is 0 Å². The highest BCUT2D eigenvalue weighted by atomic mass is 35.5. The van der Waals surface area contributed by atoms with Gasteiger partial charge in [0, 0.05) is 5.38 Å². The van der Waals surface area contributed by atoms with Gasteiger partial charge in [0.25, 0.3) is 0 Å².